The summed E-state index contributed by atoms with van der Waals surface area (Å²) in [5.74, 6) is 0. The van der Waals surface area contributed by atoms with Gasteiger partial charge >= 0.3 is 6.18 Å². The highest BCUT2D eigenvalue weighted by Gasteiger charge is 2.35. The molecule has 3 aliphatic heterocycles. The highest BCUT2D eigenvalue weighted by molar-refractivity contribution is 5.55. The first-order valence-electron chi connectivity index (χ1n) is 10.2. The molecule has 1 fully saturated rings. The van der Waals surface area contributed by atoms with Gasteiger partial charge in [0.05, 0.1) is 11.3 Å². The third kappa shape index (κ3) is 4.67. The summed E-state index contributed by atoms with van der Waals surface area (Å²) >= 11 is 0. The van der Waals surface area contributed by atoms with Crippen molar-refractivity contribution in [1.29, 1.82) is 0 Å². The molecule has 0 spiro atoms. The zero-order valence-electron chi connectivity index (χ0n) is 16.5. The molecule has 1 aromatic rings. The van der Waals surface area contributed by atoms with Crippen LogP contribution >= 0.6 is 0 Å². The van der Waals surface area contributed by atoms with E-state index in [0.29, 0.717) is 18.8 Å². The largest absolute Gasteiger partial charge is 0.418 e. The fraction of sp³-hybridized carbons (Fsp3) is 0.455. The van der Waals surface area contributed by atoms with Gasteiger partial charge in [-0.05, 0) is 49.7 Å². The number of fused-ring (bicyclic) bond motifs is 1. The Morgan fingerprint density at radius 3 is 2.45 bits per heavy atom. The standard InChI is InChI=1S/C22H27F3N4/c23-22(24,25)20-8-1-2-9-21(20)27-17-15-26(16-18-27)11-5-6-12-28-14-10-19-7-3-4-13-29(19)28/h1-4,7-10,13H,5-6,11-12,14-18H2. The molecule has 1 saturated heterocycles. The lowest BCUT2D eigenvalue weighted by atomic mass is 10.1. The third-order valence-corrected chi connectivity index (χ3v) is 5.75. The quantitative estimate of drug-likeness (QED) is 0.662. The number of piperazine rings is 1. The molecular formula is C22H27F3N4. The molecule has 3 aliphatic rings. The van der Waals surface area contributed by atoms with E-state index in [1.165, 1.54) is 17.8 Å². The molecule has 4 nitrogen and oxygen atoms in total. The lowest BCUT2D eigenvalue weighted by molar-refractivity contribution is -0.137. The molecule has 3 heterocycles. The van der Waals surface area contributed by atoms with Crippen molar-refractivity contribution >= 4 is 5.69 Å². The first kappa shape index (κ1) is 20.0. The molecule has 0 radical (unpaired) electrons. The van der Waals surface area contributed by atoms with Crippen molar-refractivity contribution in [1.82, 2.24) is 14.9 Å². The van der Waals surface area contributed by atoms with Gasteiger partial charge < -0.3 is 4.90 Å². The maximum atomic E-state index is 13.3. The lowest BCUT2D eigenvalue weighted by Gasteiger charge is -2.37. The maximum absolute atomic E-state index is 13.3. The van der Waals surface area contributed by atoms with Crippen LogP contribution in [0.3, 0.4) is 0 Å². The zero-order chi connectivity index (χ0) is 20.3. The van der Waals surface area contributed by atoms with Gasteiger partial charge in [0.15, 0.2) is 0 Å². The second-order valence-corrected chi connectivity index (χ2v) is 7.64. The Labute approximate surface area is 170 Å². The molecule has 4 rings (SSSR count). The number of nitrogens with zero attached hydrogens (tertiary/aromatic N) is 4. The number of hydrogen-bond donors (Lipinski definition) is 0. The van der Waals surface area contributed by atoms with Crippen LogP contribution in [-0.2, 0) is 6.18 Å². The minimum absolute atomic E-state index is 0.306. The number of anilines is 1. The van der Waals surface area contributed by atoms with Gasteiger partial charge in [-0.2, -0.15) is 13.2 Å². The third-order valence-electron chi connectivity index (χ3n) is 5.75. The van der Waals surface area contributed by atoms with E-state index in [1.807, 2.05) is 11.0 Å². The number of halogens is 3. The van der Waals surface area contributed by atoms with Gasteiger partial charge in [-0.25, -0.2) is 5.01 Å². The van der Waals surface area contributed by atoms with Crippen molar-refractivity contribution < 1.29 is 13.2 Å². The van der Waals surface area contributed by atoms with E-state index in [9.17, 15) is 13.2 Å². The van der Waals surface area contributed by atoms with Gasteiger partial charge in [0, 0.05) is 51.2 Å². The molecule has 0 amide bonds. The zero-order valence-corrected chi connectivity index (χ0v) is 16.5. The Balaban J connectivity index is 1.20. The predicted molar refractivity (Wildman–Crippen MR) is 109 cm³/mol. The molecular weight excluding hydrogens is 377 g/mol. The number of alkyl halides is 3. The van der Waals surface area contributed by atoms with Crippen molar-refractivity contribution in [2.75, 3.05) is 50.7 Å². The van der Waals surface area contributed by atoms with Gasteiger partial charge in [0.2, 0.25) is 0 Å². The average molecular weight is 404 g/mol. The SMILES string of the molecule is FC(F)(F)c1ccccc1N1CCN(CCCCN2CC=C3C=CC=CN32)CC1. The number of allylic oxidation sites excluding steroid dienone is 3. The molecule has 0 N–H and O–H groups in total. The van der Waals surface area contributed by atoms with E-state index in [2.05, 4.69) is 39.3 Å². The summed E-state index contributed by atoms with van der Waals surface area (Å²) in [6.07, 6.45) is 8.44. The summed E-state index contributed by atoms with van der Waals surface area (Å²) in [6, 6.07) is 5.90. The van der Waals surface area contributed by atoms with Crippen LogP contribution in [0.4, 0.5) is 18.9 Å². The highest BCUT2D eigenvalue weighted by Crippen LogP contribution is 2.36. The Morgan fingerprint density at radius 1 is 0.897 bits per heavy atom. The molecule has 1 aromatic carbocycles. The summed E-state index contributed by atoms with van der Waals surface area (Å²) in [5, 5.41) is 4.54. The topological polar surface area (TPSA) is 13.0 Å². The minimum Gasteiger partial charge on any atom is -0.368 e. The van der Waals surface area contributed by atoms with E-state index in [-0.39, 0.29) is 0 Å². The smallest absolute Gasteiger partial charge is 0.368 e. The number of hydrazine groups is 1. The van der Waals surface area contributed by atoms with E-state index in [1.54, 1.807) is 12.1 Å². The second-order valence-electron chi connectivity index (χ2n) is 7.64. The van der Waals surface area contributed by atoms with Gasteiger partial charge in [0.25, 0.3) is 0 Å². The van der Waals surface area contributed by atoms with Crippen LogP contribution in [0.25, 0.3) is 0 Å². The van der Waals surface area contributed by atoms with Crippen LogP contribution < -0.4 is 4.90 Å². The normalized spacial score (nSPS) is 20.3. The molecule has 7 heteroatoms. The van der Waals surface area contributed by atoms with E-state index < -0.39 is 11.7 Å². The van der Waals surface area contributed by atoms with E-state index in [0.717, 1.165) is 45.6 Å². The Bertz CT molecular complexity index is 791. The van der Waals surface area contributed by atoms with Crippen LogP contribution in [0.5, 0.6) is 0 Å². The van der Waals surface area contributed by atoms with Crippen molar-refractivity contribution in [3.63, 3.8) is 0 Å². The number of rotatable bonds is 6. The van der Waals surface area contributed by atoms with Crippen LogP contribution in [0.15, 0.2) is 60.5 Å². The fourth-order valence-corrected chi connectivity index (χ4v) is 4.18. The molecule has 0 aromatic heterocycles. The van der Waals surface area contributed by atoms with Crippen LogP contribution in [0, 0.1) is 0 Å². The number of unbranched alkanes of at least 4 members (excludes halogenated alkanes) is 1. The summed E-state index contributed by atoms with van der Waals surface area (Å²) in [6.45, 7) is 5.84. The minimum atomic E-state index is -4.31. The predicted octanol–water partition coefficient (Wildman–Crippen LogP) is 4.11. The summed E-state index contributed by atoms with van der Waals surface area (Å²) in [4.78, 5) is 4.23. The molecule has 0 unspecified atom stereocenters. The van der Waals surface area contributed by atoms with Crippen molar-refractivity contribution in [3.8, 4) is 0 Å². The Morgan fingerprint density at radius 2 is 1.66 bits per heavy atom. The summed E-state index contributed by atoms with van der Waals surface area (Å²) < 4.78 is 39.8. The lowest BCUT2D eigenvalue weighted by Crippen LogP contribution is -2.47. The monoisotopic (exact) mass is 404 g/mol. The first-order valence-corrected chi connectivity index (χ1v) is 10.2. The van der Waals surface area contributed by atoms with E-state index >= 15 is 0 Å². The summed E-state index contributed by atoms with van der Waals surface area (Å²) in [5.41, 5.74) is 1.01. The Hall–Kier alpha value is -2.25. The van der Waals surface area contributed by atoms with Gasteiger partial charge in [-0.1, -0.05) is 18.2 Å². The average Bonchev–Trinajstić information content (AvgIpc) is 3.14. The molecule has 156 valence electrons. The summed E-state index contributed by atoms with van der Waals surface area (Å²) in [7, 11) is 0. The van der Waals surface area contributed by atoms with Crippen LogP contribution in [0.2, 0.25) is 0 Å². The van der Waals surface area contributed by atoms with Crippen LogP contribution in [-0.4, -0.2) is 60.7 Å². The number of para-hydroxylation sites is 1. The van der Waals surface area contributed by atoms with Gasteiger partial charge in [-0.3, -0.25) is 9.91 Å². The van der Waals surface area contributed by atoms with Gasteiger partial charge in [0.1, 0.15) is 0 Å². The molecule has 29 heavy (non-hydrogen) atoms. The molecule has 0 bridgehead atoms. The molecule has 0 atom stereocenters. The molecule has 0 saturated carbocycles. The van der Waals surface area contributed by atoms with Crippen molar-refractivity contribution in [2.24, 2.45) is 0 Å². The number of benzene rings is 1. The molecule has 0 aliphatic carbocycles. The van der Waals surface area contributed by atoms with Crippen LogP contribution in [0.1, 0.15) is 18.4 Å². The van der Waals surface area contributed by atoms with Crippen molar-refractivity contribution in [2.45, 2.75) is 19.0 Å². The Kier molecular flexibility index (Phi) is 5.96. The number of hydrogen-bond acceptors (Lipinski definition) is 4. The first-order chi connectivity index (χ1) is 14.0. The van der Waals surface area contributed by atoms with E-state index in [4.69, 9.17) is 0 Å². The maximum Gasteiger partial charge on any atom is 0.418 e. The second kappa shape index (κ2) is 8.63. The fourth-order valence-electron chi connectivity index (χ4n) is 4.18. The van der Waals surface area contributed by atoms with Crippen molar-refractivity contribution in [3.05, 3.63) is 66.0 Å². The highest BCUT2D eigenvalue weighted by atomic mass is 19.4. The van der Waals surface area contributed by atoms with Gasteiger partial charge in [-0.15, -0.1) is 0 Å².